The zero-order chi connectivity index (χ0) is 4.69. The van der Waals surface area contributed by atoms with Gasteiger partial charge in [-0.05, 0) is 12.8 Å². The molecule has 0 spiro atoms. The second-order valence-electron chi connectivity index (χ2n) is 2.03. The van der Waals surface area contributed by atoms with Gasteiger partial charge >= 0.3 is 0 Å². The van der Waals surface area contributed by atoms with E-state index >= 15 is 0 Å². The van der Waals surface area contributed by atoms with Crippen LogP contribution in [0, 0.1) is 5.92 Å². The zero-order valence-electron chi connectivity index (χ0n) is 3.96. The normalized spacial score (nSPS) is 34.3. The molecule has 1 heterocycles. The van der Waals surface area contributed by atoms with Crippen molar-refractivity contribution in [3.63, 3.8) is 0 Å². The first-order chi connectivity index (χ1) is 3.47. The maximum atomic E-state index is 3.89. The van der Waals surface area contributed by atoms with E-state index in [1.807, 2.05) is 6.21 Å². The van der Waals surface area contributed by atoms with Crippen LogP contribution < -0.4 is 0 Å². The van der Waals surface area contributed by atoms with Crippen LogP contribution in [-0.2, 0) is 0 Å². The van der Waals surface area contributed by atoms with Crippen molar-refractivity contribution in [3.05, 3.63) is 0 Å². The number of nitrogens with zero attached hydrogens (tertiary/aromatic N) is 2. The Morgan fingerprint density at radius 3 is 3.29 bits per heavy atom. The average Bonchev–Trinajstić information content (AvgIpc) is 2.41. The van der Waals surface area contributed by atoms with Crippen molar-refractivity contribution in [1.29, 1.82) is 0 Å². The average molecular weight is 94.1 g/mol. The Hall–Kier alpha value is -0.660. The molecule has 0 radical (unpaired) electrons. The molecule has 7 heavy (non-hydrogen) atoms. The van der Waals surface area contributed by atoms with Crippen molar-refractivity contribution < 1.29 is 0 Å². The van der Waals surface area contributed by atoms with E-state index in [0.717, 1.165) is 12.3 Å². The van der Waals surface area contributed by atoms with Crippen molar-refractivity contribution in [1.82, 2.24) is 0 Å². The largest absolute Gasteiger partial charge is 0.164 e. The fourth-order valence-corrected chi connectivity index (χ4v) is 0.825. The van der Waals surface area contributed by atoms with Crippen LogP contribution in [0.5, 0.6) is 0 Å². The van der Waals surface area contributed by atoms with Gasteiger partial charge in [-0.15, -0.1) is 0 Å². The van der Waals surface area contributed by atoms with Crippen LogP contribution in [0.15, 0.2) is 10.2 Å². The lowest BCUT2D eigenvalue weighted by Crippen LogP contribution is -1.85. The minimum absolute atomic E-state index is 0.803. The van der Waals surface area contributed by atoms with Gasteiger partial charge in [0.1, 0.15) is 0 Å². The summed E-state index contributed by atoms with van der Waals surface area (Å²) in [5.41, 5.74) is 1.31. The minimum Gasteiger partial charge on any atom is -0.164 e. The van der Waals surface area contributed by atoms with Crippen molar-refractivity contribution in [2.45, 2.75) is 12.8 Å². The lowest BCUT2D eigenvalue weighted by atomic mass is 10.3. The first-order valence-electron chi connectivity index (χ1n) is 2.55. The second-order valence-corrected chi connectivity index (χ2v) is 2.03. The Bertz CT molecular complexity index is 146. The SMILES string of the molecule is C1=NN=C2CC2C1. The maximum Gasteiger partial charge on any atom is 0.0450 e. The van der Waals surface area contributed by atoms with Crippen LogP contribution in [0.3, 0.4) is 0 Å². The van der Waals surface area contributed by atoms with Crippen LogP contribution in [0.25, 0.3) is 0 Å². The first kappa shape index (κ1) is 3.36. The number of rotatable bonds is 0. The van der Waals surface area contributed by atoms with Crippen LogP contribution in [0.2, 0.25) is 0 Å². The van der Waals surface area contributed by atoms with Gasteiger partial charge in [0.05, 0.1) is 0 Å². The van der Waals surface area contributed by atoms with Crippen LogP contribution in [-0.4, -0.2) is 11.9 Å². The third-order valence-corrected chi connectivity index (χ3v) is 1.42. The molecule has 0 aromatic rings. The summed E-state index contributed by atoms with van der Waals surface area (Å²) in [6.45, 7) is 0. The van der Waals surface area contributed by atoms with E-state index in [9.17, 15) is 0 Å². The highest BCUT2D eigenvalue weighted by atomic mass is 15.2. The molecule has 0 aromatic heterocycles. The van der Waals surface area contributed by atoms with Crippen LogP contribution in [0.1, 0.15) is 12.8 Å². The van der Waals surface area contributed by atoms with Crippen molar-refractivity contribution in [3.8, 4) is 0 Å². The van der Waals surface area contributed by atoms with E-state index in [2.05, 4.69) is 10.2 Å². The topological polar surface area (TPSA) is 24.7 Å². The molecule has 0 aromatic carbocycles. The smallest absolute Gasteiger partial charge is 0.0450 e. The van der Waals surface area contributed by atoms with E-state index in [0.29, 0.717) is 0 Å². The van der Waals surface area contributed by atoms with Crippen LogP contribution >= 0.6 is 0 Å². The zero-order valence-corrected chi connectivity index (χ0v) is 3.96. The Kier molecular flexibility index (Phi) is 0.451. The molecule has 1 saturated carbocycles. The van der Waals surface area contributed by atoms with E-state index in [1.54, 1.807) is 0 Å². The lowest BCUT2D eigenvalue weighted by Gasteiger charge is -1.86. The molecule has 2 nitrogen and oxygen atoms in total. The molecule has 2 heteroatoms. The molecule has 1 atom stereocenters. The molecule has 1 aliphatic carbocycles. The summed E-state index contributed by atoms with van der Waals surface area (Å²) in [5.74, 6) is 0.803. The highest BCUT2D eigenvalue weighted by Crippen LogP contribution is 2.30. The Labute approximate surface area is 41.9 Å². The Balaban J connectivity index is 2.31. The quantitative estimate of drug-likeness (QED) is 0.425. The summed E-state index contributed by atoms with van der Waals surface area (Å²) >= 11 is 0. The molecule has 0 N–H and O–H groups in total. The summed E-state index contributed by atoms with van der Waals surface area (Å²) in [6, 6.07) is 0. The Morgan fingerprint density at radius 2 is 2.71 bits per heavy atom. The molecule has 1 fully saturated rings. The first-order valence-corrected chi connectivity index (χ1v) is 2.55. The third kappa shape index (κ3) is 0.391. The van der Waals surface area contributed by atoms with Gasteiger partial charge in [-0.1, -0.05) is 0 Å². The van der Waals surface area contributed by atoms with Crippen LogP contribution in [0.4, 0.5) is 0 Å². The standard InChI is InChI=1S/C5H6N2/c1-2-6-7-5-3-4(1)5/h2,4H,1,3H2. The van der Waals surface area contributed by atoms with E-state index in [-0.39, 0.29) is 0 Å². The predicted octanol–water partition coefficient (Wildman–Crippen LogP) is 0.837. The van der Waals surface area contributed by atoms with E-state index in [1.165, 1.54) is 12.1 Å². The number of hydrogen-bond acceptors (Lipinski definition) is 2. The molecular formula is C5H6N2. The maximum absolute atomic E-state index is 3.89. The summed E-state index contributed by atoms with van der Waals surface area (Å²) in [4.78, 5) is 0. The number of fused-ring (bicyclic) bond motifs is 1. The summed E-state index contributed by atoms with van der Waals surface area (Å²) in [6.07, 6.45) is 4.24. The molecule has 1 aliphatic heterocycles. The summed E-state index contributed by atoms with van der Waals surface area (Å²) in [7, 11) is 0. The molecule has 36 valence electrons. The molecule has 1 unspecified atom stereocenters. The van der Waals surface area contributed by atoms with E-state index in [4.69, 9.17) is 0 Å². The third-order valence-electron chi connectivity index (χ3n) is 1.42. The van der Waals surface area contributed by atoms with Gasteiger partial charge in [-0.25, -0.2) is 0 Å². The second kappa shape index (κ2) is 0.941. The molecule has 2 aliphatic rings. The number of hydrogen-bond donors (Lipinski definition) is 0. The highest BCUT2D eigenvalue weighted by Gasteiger charge is 2.32. The van der Waals surface area contributed by atoms with Gasteiger partial charge in [0.2, 0.25) is 0 Å². The van der Waals surface area contributed by atoms with Gasteiger partial charge in [0.15, 0.2) is 0 Å². The molecule has 0 amide bonds. The molecule has 0 bridgehead atoms. The van der Waals surface area contributed by atoms with Crippen molar-refractivity contribution >= 4 is 11.9 Å². The monoisotopic (exact) mass is 94.1 g/mol. The van der Waals surface area contributed by atoms with Gasteiger partial charge in [0.25, 0.3) is 0 Å². The summed E-state index contributed by atoms with van der Waals surface area (Å²) < 4.78 is 0. The van der Waals surface area contributed by atoms with Gasteiger partial charge in [-0.2, -0.15) is 10.2 Å². The Morgan fingerprint density at radius 1 is 1.71 bits per heavy atom. The summed E-state index contributed by atoms with van der Waals surface area (Å²) in [5, 5.41) is 7.65. The van der Waals surface area contributed by atoms with Gasteiger partial charge in [0, 0.05) is 17.8 Å². The predicted molar refractivity (Wildman–Crippen MR) is 28.7 cm³/mol. The lowest BCUT2D eigenvalue weighted by molar-refractivity contribution is 0.938. The molecule has 2 rings (SSSR count). The van der Waals surface area contributed by atoms with Gasteiger partial charge in [-0.3, -0.25) is 0 Å². The van der Waals surface area contributed by atoms with Gasteiger partial charge < -0.3 is 0 Å². The highest BCUT2D eigenvalue weighted by molar-refractivity contribution is 6.03. The fraction of sp³-hybridized carbons (Fsp3) is 0.600. The molecular weight excluding hydrogens is 88.1 g/mol. The molecule has 0 saturated heterocycles. The minimum atomic E-state index is 0.803. The van der Waals surface area contributed by atoms with Crippen molar-refractivity contribution in [2.24, 2.45) is 16.1 Å². The van der Waals surface area contributed by atoms with E-state index < -0.39 is 0 Å². The fourth-order valence-electron chi connectivity index (χ4n) is 0.825. The van der Waals surface area contributed by atoms with Crippen molar-refractivity contribution in [2.75, 3.05) is 0 Å².